The van der Waals surface area contributed by atoms with E-state index in [0.717, 1.165) is 13.0 Å². The lowest BCUT2D eigenvalue weighted by atomic mass is 9.80. The SMILES string of the molecule is CCc1ccsc1CNC1CCCCC1c1ccccc1. The zero-order valence-corrected chi connectivity index (χ0v) is 13.7. The summed E-state index contributed by atoms with van der Waals surface area (Å²) < 4.78 is 0. The first-order valence-electron chi connectivity index (χ1n) is 8.22. The van der Waals surface area contributed by atoms with Crippen LogP contribution in [0.3, 0.4) is 0 Å². The summed E-state index contributed by atoms with van der Waals surface area (Å²) >= 11 is 1.90. The predicted molar refractivity (Wildman–Crippen MR) is 92.0 cm³/mol. The van der Waals surface area contributed by atoms with E-state index in [1.807, 2.05) is 11.3 Å². The van der Waals surface area contributed by atoms with Crippen molar-refractivity contribution in [1.29, 1.82) is 0 Å². The molecule has 3 rings (SSSR count). The van der Waals surface area contributed by atoms with Crippen molar-refractivity contribution in [3.63, 3.8) is 0 Å². The summed E-state index contributed by atoms with van der Waals surface area (Å²) in [6.07, 6.45) is 6.52. The summed E-state index contributed by atoms with van der Waals surface area (Å²) in [5, 5.41) is 6.09. The van der Waals surface area contributed by atoms with Crippen molar-refractivity contribution in [3.05, 3.63) is 57.8 Å². The Labute approximate surface area is 132 Å². The maximum atomic E-state index is 3.86. The molecule has 0 bridgehead atoms. The number of nitrogens with one attached hydrogen (secondary N) is 1. The standard InChI is InChI=1S/C19H25NS/c1-2-15-12-13-21-19(15)14-20-18-11-7-6-10-17(18)16-8-4-3-5-9-16/h3-5,8-9,12-13,17-18,20H,2,6-7,10-11,14H2,1H3. The first kappa shape index (κ1) is 14.8. The molecule has 2 atom stereocenters. The Bertz CT molecular complexity index is 546. The zero-order valence-electron chi connectivity index (χ0n) is 12.8. The average Bonchev–Trinajstić information content (AvgIpc) is 3.01. The molecule has 21 heavy (non-hydrogen) atoms. The van der Waals surface area contributed by atoms with E-state index in [4.69, 9.17) is 0 Å². The minimum absolute atomic E-state index is 0.632. The second kappa shape index (κ2) is 7.24. The number of rotatable bonds is 5. The smallest absolute Gasteiger partial charge is 0.0305 e. The van der Waals surface area contributed by atoms with Crippen molar-refractivity contribution in [2.24, 2.45) is 0 Å². The van der Waals surface area contributed by atoms with E-state index < -0.39 is 0 Å². The largest absolute Gasteiger partial charge is 0.308 e. The van der Waals surface area contributed by atoms with Gasteiger partial charge in [0.2, 0.25) is 0 Å². The lowest BCUT2D eigenvalue weighted by molar-refractivity contribution is 0.326. The molecule has 0 radical (unpaired) electrons. The van der Waals surface area contributed by atoms with Gasteiger partial charge in [0.25, 0.3) is 0 Å². The molecule has 1 saturated carbocycles. The second-order valence-electron chi connectivity index (χ2n) is 6.01. The highest BCUT2D eigenvalue weighted by atomic mass is 32.1. The first-order valence-corrected chi connectivity index (χ1v) is 9.10. The van der Waals surface area contributed by atoms with Gasteiger partial charge in [0.05, 0.1) is 0 Å². The van der Waals surface area contributed by atoms with Crippen LogP contribution in [0.5, 0.6) is 0 Å². The third-order valence-corrected chi connectivity index (χ3v) is 5.70. The van der Waals surface area contributed by atoms with Crippen LogP contribution in [0.2, 0.25) is 0 Å². The maximum Gasteiger partial charge on any atom is 0.0305 e. The van der Waals surface area contributed by atoms with E-state index in [-0.39, 0.29) is 0 Å². The molecule has 1 N–H and O–H groups in total. The van der Waals surface area contributed by atoms with Gasteiger partial charge in [0.1, 0.15) is 0 Å². The molecule has 1 aliphatic carbocycles. The van der Waals surface area contributed by atoms with Crippen LogP contribution in [0.4, 0.5) is 0 Å². The Morgan fingerprint density at radius 1 is 1.10 bits per heavy atom. The maximum absolute atomic E-state index is 3.86. The molecule has 0 amide bonds. The van der Waals surface area contributed by atoms with Crippen LogP contribution in [-0.4, -0.2) is 6.04 Å². The Morgan fingerprint density at radius 2 is 1.90 bits per heavy atom. The minimum Gasteiger partial charge on any atom is -0.308 e. The highest BCUT2D eigenvalue weighted by molar-refractivity contribution is 7.10. The third kappa shape index (κ3) is 3.56. The molecule has 0 saturated heterocycles. The summed E-state index contributed by atoms with van der Waals surface area (Å²) in [6.45, 7) is 3.29. The van der Waals surface area contributed by atoms with E-state index in [2.05, 4.69) is 54.0 Å². The fourth-order valence-corrected chi connectivity index (χ4v) is 4.46. The van der Waals surface area contributed by atoms with Crippen molar-refractivity contribution in [2.75, 3.05) is 0 Å². The highest BCUT2D eigenvalue weighted by Crippen LogP contribution is 2.33. The van der Waals surface area contributed by atoms with Crippen molar-refractivity contribution in [2.45, 2.75) is 57.5 Å². The van der Waals surface area contributed by atoms with Crippen LogP contribution >= 0.6 is 11.3 Å². The first-order chi connectivity index (χ1) is 10.4. The van der Waals surface area contributed by atoms with Crippen LogP contribution in [0.25, 0.3) is 0 Å². The Morgan fingerprint density at radius 3 is 2.71 bits per heavy atom. The normalized spacial score (nSPS) is 22.3. The summed E-state index contributed by atoms with van der Waals surface area (Å²) in [4.78, 5) is 1.52. The Hall–Kier alpha value is -1.12. The molecular weight excluding hydrogens is 274 g/mol. The predicted octanol–water partition coefficient (Wildman–Crippen LogP) is 5.13. The van der Waals surface area contributed by atoms with Crippen LogP contribution in [0.15, 0.2) is 41.8 Å². The van der Waals surface area contributed by atoms with E-state index in [1.54, 1.807) is 0 Å². The number of thiophene rings is 1. The van der Waals surface area contributed by atoms with Crippen LogP contribution in [-0.2, 0) is 13.0 Å². The monoisotopic (exact) mass is 299 g/mol. The summed E-state index contributed by atoms with van der Waals surface area (Å²) in [7, 11) is 0. The van der Waals surface area contributed by atoms with Crippen LogP contribution in [0.1, 0.15) is 54.5 Å². The molecule has 1 nitrogen and oxygen atoms in total. The van der Waals surface area contributed by atoms with Gasteiger partial charge in [-0.15, -0.1) is 11.3 Å². The molecule has 1 aromatic carbocycles. The molecule has 1 aromatic heterocycles. The van der Waals surface area contributed by atoms with E-state index in [0.29, 0.717) is 12.0 Å². The molecule has 0 spiro atoms. The molecule has 1 heterocycles. The zero-order chi connectivity index (χ0) is 14.5. The molecule has 2 heteroatoms. The molecule has 1 fully saturated rings. The molecule has 2 unspecified atom stereocenters. The molecule has 112 valence electrons. The molecular formula is C19H25NS. The van der Waals surface area contributed by atoms with Gasteiger partial charge in [-0.1, -0.05) is 50.1 Å². The van der Waals surface area contributed by atoms with Crippen LogP contribution < -0.4 is 5.32 Å². The van der Waals surface area contributed by atoms with Crippen LogP contribution in [0, 0.1) is 0 Å². The molecule has 0 aliphatic heterocycles. The summed E-state index contributed by atoms with van der Waals surface area (Å²) in [5.41, 5.74) is 3.02. The average molecular weight is 299 g/mol. The minimum atomic E-state index is 0.632. The number of benzene rings is 1. The van der Waals surface area contributed by atoms with Gasteiger partial charge in [0.15, 0.2) is 0 Å². The number of hydrogen-bond acceptors (Lipinski definition) is 2. The van der Waals surface area contributed by atoms with Crippen molar-refractivity contribution in [1.82, 2.24) is 5.32 Å². The van der Waals surface area contributed by atoms with Gasteiger partial charge in [-0.2, -0.15) is 0 Å². The fraction of sp³-hybridized carbons (Fsp3) is 0.474. The number of aryl methyl sites for hydroxylation is 1. The van der Waals surface area contributed by atoms with Gasteiger partial charge in [-0.3, -0.25) is 0 Å². The Balaban J connectivity index is 1.67. The summed E-state index contributed by atoms with van der Waals surface area (Å²) in [5.74, 6) is 0.685. The Kier molecular flexibility index (Phi) is 5.10. The third-order valence-electron chi connectivity index (χ3n) is 4.74. The molecule has 2 aromatic rings. The molecule has 1 aliphatic rings. The van der Waals surface area contributed by atoms with Crippen molar-refractivity contribution in [3.8, 4) is 0 Å². The quantitative estimate of drug-likeness (QED) is 0.807. The van der Waals surface area contributed by atoms with E-state index in [1.165, 1.54) is 41.7 Å². The van der Waals surface area contributed by atoms with Gasteiger partial charge < -0.3 is 5.32 Å². The topological polar surface area (TPSA) is 12.0 Å². The van der Waals surface area contributed by atoms with Gasteiger partial charge in [0, 0.05) is 17.5 Å². The fourth-order valence-electron chi connectivity index (χ4n) is 3.54. The lowest BCUT2D eigenvalue weighted by Gasteiger charge is -2.33. The van der Waals surface area contributed by atoms with Crippen molar-refractivity contribution < 1.29 is 0 Å². The van der Waals surface area contributed by atoms with Gasteiger partial charge in [-0.05, 0) is 47.8 Å². The lowest BCUT2D eigenvalue weighted by Crippen LogP contribution is -2.36. The second-order valence-corrected chi connectivity index (χ2v) is 7.01. The van der Waals surface area contributed by atoms with E-state index >= 15 is 0 Å². The number of hydrogen-bond donors (Lipinski definition) is 1. The highest BCUT2D eigenvalue weighted by Gasteiger charge is 2.26. The summed E-state index contributed by atoms with van der Waals surface area (Å²) in [6, 6.07) is 14.0. The van der Waals surface area contributed by atoms with Gasteiger partial charge in [-0.25, -0.2) is 0 Å². The van der Waals surface area contributed by atoms with Crippen molar-refractivity contribution >= 4 is 11.3 Å². The van der Waals surface area contributed by atoms with Gasteiger partial charge >= 0.3 is 0 Å². The van der Waals surface area contributed by atoms with E-state index in [9.17, 15) is 0 Å².